The summed E-state index contributed by atoms with van der Waals surface area (Å²) < 4.78 is 44.9. The summed E-state index contributed by atoms with van der Waals surface area (Å²) in [4.78, 5) is 11.5. The van der Waals surface area contributed by atoms with E-state index in [9.17, 15) is 18.0 Å². The van der Waals surface area contributed by atoms with Crippen LogP contribution in [0.25, 0.3) is 0 Å². The highest BCUT2D eigenvalue weighted by atomic mass is 19.4. The van der Waals surface area contributed by atoms with Crippen LogP contribution in [0.2, 0.25) is 0 Å². The van der Waals surface area contributed by atoms with Crippen molar-refractivity contribution in [2.45, 2.75) is 52.6 Å². The zero-order valence-electron chi connectivity index (χ0n) is 14.4. The first-order valence-electron chi connectivity index (χ1n) is 7.63. The predicted molar refractivity (Wildman–Crippen MR) is 84.5 cm³/mol. The predicted octanol–water partition coefficient (Wildman–Crippen LogP) is 4.04. The topological polar surface area (TPSA) is 47.6 Å². The van der Waals surface area contributed by atoms with Crippen LogP contribution in [0, 0.1) is 5.41 Å². The zero-order valence-corrected chi connectivity index (χ0v) is 14.4. The first-order chi connectivity index (χ1) is 11.0. The van der Waals surface area contributed by atoms with Crippen LogP contribution in [-0.4, -0.2) is 25.5 Å². The minimum atomic E-state index is -4.70. The monoisotopic (exact) mass is 347 g/mol. The first kappa shape index (κ1) is 20.3. The maximum absolute atomic E-state index is 12.1. The van der Waals surface area contributed by atoms with Gasteiger partial charge in [0.15, 0.2) is 0 Å². The van der Waals surface area contributed by atoms with Gasteiger partial charge in [-0.05, 0) is 29.5 Å². The highest BCUT2D eigenvalue weighted by Crippen LogP contribution is 2.24. The molecule has 0 spiro atoms. The molecule has 7 heteroatoms. The van der Waals surface area contributed by atoms with Crippen molar-refractivity contribution in [2.75, 3.05) is 7.11 Å². The lowest BCUT2D eigenvalue weighted by Crippen LogP contribution is -2.34. The second kappa shape index (κ2) is 8.37. The highest BCUT2D eigenvalue weighted by molar-refractivity contribution is 5.69. The molecule has 1 aromatic carbocycles. The summed E-state index contributed by atoms with van der Waals surface area (Å²) in [6.07, 6.45) is -3.70. The van der Waals surface area contributed by atoms with Crippen molar-refractivity contribution in [1.29, 1.82) is 0 Å². The highest BCUT2D eigenvalue weighted by Gasteiger charge is 2.31. The Labute approximate surface area is 140 Å². The zero-order chi connectivity index (χ0) is 18.4. The molecule has 1 unspecified atom stereocenters. The fourth-order valence-electron chi connectivity index (χ4n) is 2.31. The lowest BCUT2D eigenvalue weighted by Gasteiger charge is -2.26. The number of hydrogen-bond donors (Lipinski definition) is 1. The van der Waals surface area contributed by atoms with Gasteiger partial charge in [0.05, 0.1) is 13.5 Å². The van der Waals surface area contributed by atoms with Crippen LogP contribution in [0.15, 0.2) is 24.3 Å². The molecule has 0 fully saturated rings. The van der Waals surface area contributed by atoms with Crippen molar-refractivity contribution in [2.24, 2.45) is 5.41 Å². The van der Waals surface area contributed by atoms with E-state index in [1.54, 1.807) is 12.1 Å². The molecule has 0 amide bonds. The van der Waals surface area contributed by atoms with Crippen LogP contribution in [0.4, 0.5) is 13.2 Å². The normalized spacial score (nSPS) is 13.5. The van der Waals surface area contributed by atoms with Crippen molar-refractivity contribution >= 4 is 5.97 Å². The van der Waals surface area contributed by atoms with Gasteiger partial charge in [0.1, 0.15) is 5.75 Å². The maximum atomic E-state index is 12.1. The second-order valence-electron chi connectivity index (χ2n) is 6.81. The fraction of sp³-hybridized carbons (Fsp3) is 0.588. The number of benzene rings is 1. The van der Waals surface area contributed by atoms with E-state index in [0.717, 1.165) is 12.0 Å². The van der Waals surface area contributed by atoms with Crippen molar-refractivity contribution < 1.29 is 27.4 Å². The van der Waals surface area contributed by atoms with E-state index in [1.807, 2.05) is 0 Å². The summed E-state index contributed by atoms with van der Waals surface area (Å²) in [6.45, 7) is 6.65. The standard InChI is InChI=1S/C17H24F3NO3/c1-16(2,3)10-13(9-15(22)23-4)21-11-12-5-7-14(8-6-12)24-17(18,19)20/h5-8,13,21H,9-11H2,1-4H3. The summed E-state index contributed by atoms with van der Waals surface area (Å²) in [7, 11) is 1.34. The van der Waals surface area contributed by atoms with Gasteiger partial charge in [-0.2, -0.15) is 0 Å². The van der Waals surface area contributed by atoms with E-state index < -0.39 is 6.36 Å². The molecule has 4 nitrogen and oxygen atoms in total. The van der Waals surface area contributed by atoms with Crippen LogP contribution in [0.1, 0.15) is 39.2 Å². The van der Waals surface area contributed by atoms with E-state index in [2.05, 4.69) is 30.8 Å². The van der Waals surface area contributed by atoms with Crippen LogP contribution in [0.3, 0.4) is 0 Å². The van der Waals surface area contributed by atoms with Crippen molar-refractivity contribution in [3.63, 3.8) is 0 Å². The molecule has 1 rings (SSSR count). The van der Waals surface area contributed by atoms with Gasteiger partial charge in [0.25, 0.3) is 0 Å². The Morgan fingerprint density at radius 3 is 2.21 bits per heavy atom. The third-order valence-electron chi connectivity index (χ3n) is 3.25. The molecule has 0 radical (unpaired) electrons. The molecular weight excluding hydrogens is 323 g/mol. The molecule has 0 aliphatic rings. The SMILES string of the molecule is COC(=O)CC(CC(C)(C)C)NCc1ccc(OC(F)(F)F)cc1. The van der Waals surface area contributed by atoms with Gasteiger partial charge in [0.2, 0.25) is 0 Å². The lowest BCUT2D eigenvalue weighted by atomic mass is 9.87. The summed E-state index contributed by atoms with van der Waals surface area (Å²) in [5.41, 5.74) is 0.823. The Bertz CT molecular complexity index is 521. The van der Waals surface area contributed by atoms with E-state index >= 15 is 0 Å². The van der Waals surface area contributed by atoms with Crippen molar-refractivity contribution in [3.05, 3.63) is 29.8 Å². The number of carbonyl (C=O) groups excluding carboxylic acids is 1. The Balaban J connectivity index is 2.63. The minimum absolute atomic E-state index is 0.0239. The average Bonchev–Trinajstić information content (AvgIpc) is 2.43. The van der Waals surface area contributed by atoms with E-state index in [4.69, 9.17) is 4.74 Å². The summed E-state index contributed by atoms with van der Waals surface area (Å²) in [6, 6.07) is 5.57. The average molecular weight is 347 g/mol. The number of hydrogen-bond acceptors (Lipinski definition) is 4. The smallest absolute Gasteiger partial charge is 0.469 e. The molecule has 24 heavy (non-hydrogen) atoms. The van der Waals surface area contributed by atoms with Crippen LogP contribution < -0.4 is 10.1 Å². The number of halogens is 3. The Morgan fingerprint density at radius 2 is 1.75 bits per heavy atom. The molecule has 1 N–H and O–H groups in total. The minimum Gasteiger partial charge on any atom is -0.469 e. The maximum Gasteiger partial charge on any atom is 0.573 e. The van der Waals surface area contributed by atoms with Gasteiger partial charge < -0.3 is 14.8 Å². The molecule has 0 heterocycles. The Kier molecular flexibility index (Phi) is 7.08. The van der Waals surface area contributed by atoms with Gasteiger partial charge in [-0.3, -0.25) is 4.79 Å². The quantitative estimate of drug-likeness (QED) is 0.756. The summed E-state index contributed by atoms with van der Waals surface area (Å²) in [5.74, 6) is -0.558. The molecule has 136 valence electrons. The third kappa shape index (κ3) is 8.76. The van der Waals surface area contributed by atoms with E-state index in [0.29, 0.717) is 6.54 Å². The first-order valence-corrected chi connectivity index (χ1v) is 7.63. The van der Waals surface area contributed by atoms with Gasteiger partial charge in [-0.25, -0.2) is 0 Å². The third-order valence-corrected chi connectivity index (χ3v) is 3.25. The van der Waals surface area contributed by atoms with Gasteiger partial charge in [-0.15, -0.1) is 13.2 Å². The van der Waals surface area contributed by atoms with Crippen LogP contribution in [0.5, 0.6) is 5.75 Å². The number of rotatable bonds is 7. The van der Waals surface area contributed by atoms with Crippen LogP contribution >= 0.6 is 0 Å². The molecule has 0 aliphatic carbocycles. The number of nitrogens with one attached hydrogen (secondary N) is 1. The number of methoxy groups -OCH3 is 1. The molecule has 0 aromatic heterocycles. The lowest BCUT2D eigenvalue weighted by molar-refractivity contribution is -0.274. The van der Waals surface area contributed by atoms with E-state index in [-0.39, 0.29) is 29.6 Å². The number of esters is 1. The van der Waals surface area contributed by atoms with Crippen LogP contribution in [-0.2, 0) is 16.1 Å². The fourth-order valence-corrected chi connectivity index (χ4v) is 2.31. The molecule has 0 saturated carbocycles. The summed E-state index contributed by atoms with van der Waals surface area (Å²) >= 11 is 0. The number of ether oxygens (including phenoxy) is 2. The summed E-state index contributed by atoms with van der Waals surface area (Å²) in [5, 5.41) is 3.26. The molecular formula is C17H24F3NO3. The molecule has 0 bridgehead atoms. The number of alkyl halides is 3. The van der Waals surface area contributed by atoms with Gasteiger partial charge >= 0.3 is 12.3 Å². The Hall–Kier alpha value is -1.76. The van der Waals surface area contributed by atoms with Crippen molar-refractivity contribution in [3.8, 4) is 5.75 Å². The van der Waals surface area contributed by atoms with E-state index in [1.165, 1.54) is 19.2 Å². The largest absolute Gasteiger partial charge is 0.573 e. The van der Waals surface area contributed by atoms with Gasteiger partial charge in [-0.1, -0.05) is 32.9 Å². The molecule has 1 atom stereocenters. The molecule has 1 aromatic rings. The second-order valence-corrected chi connectivity index (χ2v) is 6.81. The molecule has 0 aliphatic heterocycles. The van der Waals surface area contributed by atoms with Gasteiger partial charge in [0, 0.05) is 12.6 Å². The molecule has 0 saturated heterocycles. The number of carbonyl (C=O) groups is 1. The van der Waals surface area contributed by atoms with Crippen molar-refractivity contribution in [1.82, 2.24) is 5.32 Å². The Morgan fingerprint density at radius 1 is 1.17 bits per heavy atom.